The number of carbonyl (C=O) groups is 1. The van der Waals surface area contributed by atoms with Crippen LogP contribution in [0.1, 0.15) is 24.2 Å². The lowest BCUT2D eigenvalue weighted by atomic mass is 10.1. The molecule has 5 heteroatoms. The molecule has 0 aliphatic rings. The van der Waals surface area contributed by atoms with Gasteiger partial charge in [-0.3, -0.25) is 4.98 Å². The van der Waals surface area contributed by atoms with Crippen LogP contribution in [0.15, 0.2) is 42.6 Å². The maximum atomic E-state index is 12.2. The predicted molar refractivity (Wildman–Crippen MR) is 83.4 cm³/mol. The Bertz CT molecular complexity index is 597. The number of pyridine rings is 1. The molecule has 1 aromatic carbocycles. The lowest BCUT2D eigenvalue weighted by molar-refractivity contribution is -0.144. The third-order valence-electron chi connectivity index (χ3n) is 2.95. The van der Waals surface area contributed by atoms with Gasteiger partial charge in [-0.25, -0.2) is 4.79 Å². The van der Waals surface area contributed by atoms with E-state index in [0.717, 1.165) is 16.9 Å². The van der Waals surface area contributed by atoms with E-state index in [1.165, 1.54) is 0 Å². The molecular weight excluding hydrogens is 288 g/mol. The minimum absolute atomic E-state index is 0.330. The van der Waals surface area contributed by atoms with Crippen LogP contribution in [0.5, 0.6) is 0 Å². The van der Waals surface area contributed by atoms with Gasteiger partial charge in [0, 0.05) is 28.2 Å². The van der Waals surface area contributed by atoms with E-state index in [1.54, 1.807) is 25.3 Å². The summed E-state index contributed by atoms with van der Waals surface area (Å²) in [5, 5.41) is 3.80. The Labute approximate surface area is 129 Å². The van der Waals surface area contributed by atoms with Gasteiger partial charge in [0.05, 0.1) is 6.61 Å². The Kier molecular flexibility index (Phi) is 5.17. The van der Waals surface area contributed by atoms with Crippen LogP contribution in [0.25, 0.3) is 0 Å². The van der Waals surface area contributed by atoms with Crippen molar-refractivity contribution in [2.24, 2.45) is 0 Å². The van der Waals surface area contributed by atoms with Crippen LogP contribution in [0, 0.1) is 6.92 Å². The number of nitrogens with zero attached hydrogens (tertiary/aromatic N) is 1. The molecule has 1 atom stereocenters. The Hall–Kier alpha value is -2.07. The van der Waals surface area contributed by atoms with Crippen molar-refractivity contribution in [1.29, 1.82) is 0 Å². The summed E-state index contributed by atoms with van der Waals surface area (Å²) < 4.78 is 5.13. The number of aromatic nitrogens is 1. The van der Waals surface area contributed by atoms with Gasteiger partial charge in [-0.2, -0.15) is 0 Å². The first-order valence-corrected chi connectivity index (χ1v) is 7.09. The fourth-order valence-corrected chi connectivity index (χ4v) is 1.99. The summed E-state index contributed by atoms with van der Waals surface area (Å²) in [5.41, 5.74) is 2.44. The summed E-state index contributed by atoms with van der Waals surface area (Å²) in [6, 6.07) is 10.3. The molecule has 2 aromatic rings. The average Bonchev–Trinajstić information content (AvgIpc) is 2.48. The van der Waals surface area contributed by atoms with Gasteiger partial charge >= 0.3 is 5.97 Å². The summed E-state index contributed by atoms with van der Waals surface area (Å²) in [6.45, 7) is 4.01. The molecule has 0 fully saturated rings. The molecule has 21 heavy (non-hydrogen) atoms. The zero-order valence-electron chi connectivity index (χ0n) is 12.0. The number of hydrogen-bond donors (Lipinski definition) is 1. The summed E-state index contributed by atoms with van der Waals surface area (Å²) >= 11 is 5.87. The summed E-state index contributed by atoms with van der Waals surface area (Å²) in [5.74, 6) is -0.335. The molecule has 1 N–H and O–H groups in total. The van der Waals surface area contributed by atoms with Gasteiger partial charge < -0.3 is 10.1 Å². The zero-order valence-corrected chi connectivity index (χ0v) is 12.7. The van der Waals surface area contributed by atoms with Gasteiger partial charge in [0.1, 0.15) is 0 Å². The summed E-state index contributed by atoms with van der Waals surface area (Å²) in [6.07, 6.45) is 1.68. The molecule has 1 aromatic heterocycles. The van der Waals surface area contributed by atoms with E-state index in [9.17, 15) is 4.79 Å². The fraction of sp³-hybridized carbons (Fsp3) is 0.250. The first-order chi connectivity index (χ1) is 10.1. The normalized spacial score (nSPS) is 11.8. The quantitative estimate of drug-likeness (QED) is 0.855. The van der Waals surface area contributed by atoms with Crippen molar-refractivity contribution in [2.45, 2.75) is 19.9 Å². The van der Waals surface area contributed by atoms with Crippen LogP contribution in [0.4, 0.5) is 5.69 Å². The topological polar surface area (TPSA) is 51.2 Å². The van der Waals surface area contributed by atoms with Crippen molar-refractivity contribution in [2.75, 3.05) is 11.9 Å². The third kappa shape index (κ3) is 4.20. The molecule has 4 nitrogen and oxygen atoms in total. The number of rotatable bonds is 5. The second kappa shape index (κ2) is 7.09. The molecule has 110 valence electrons. The van der Waals surface area contributed by atoms with Crippen LogP contribution >= 0.6 is 11.6 Å². The van der Waals surface area contributed by atoms with Gasteiger partial charge in [-0.1, -0.05) is 17.7 Å². The lowest BCUT2D eigenvalue weighted by Gasteiger charge is -2.18. The number of hydrogen-bond acceptors (Lipinski definition) is 4. The number of aryl methyl sites for hydroxylation is 1. The highest BCUT2D eigenvalue weighted by Gasteiger charge is 2.22. The summed E-state index contributed by atoms with van der Waals surface area (Å²) in [4.78, 5) is 16.4. The van der Waals surface area contributed by atoms with E-state index in [1.807, 2.05) is 31.2 Å². The SMILES string of the molecule is CCOC(=O)C(Nc1ccc(Cl)cc1)c1ccc(C)nc1. The largest absolute Gasteiger partial charge is 0.464 e. The maximum Gasteiger partial charge on any atom is 0.333 e. The first-order valence-electron chi connectivity index (χ1n) is 6.71. The highest BCUT2D eigenvalue weighted by atomic mass is 35.5. The minimum atomic E-state index is -0.598. The van der Waals surface area contributed by atoms with Gasteiger partial charge in [-0.05, 0) is 44.2 Å². The number of halogens is 1. The molecule has 2 rings (SSSR count). The van der Waals surface area contributed by atoms with Gasteiger partial charge in [0.25, 0.3) is 0 Å². The van der Waals surface area contributed by atoms with Crippen LogP contribution < -0.4 is 5.32 Å². The van der Waals surface area contributed by atoms with Crippen LogP contribution in [0.2, 0.25) is 5.02 Å². The van der Waals surface area contributed by atoms with E-state index >= 15 is 0 Å². The van der Waals surface area contributed by atoms with E-state index in [2.05, 4.69) is 10.3 Å². The van der Waals surface area contributed by atoms with Gasteiger partial charge in [0.15, 0.2) is 6.04 Å². The third-order valence-corrected chi connectivity index (χ3v) is 3.20. The second-order valence-electron chi connectivity index (χ2n) is 4.57. The predicted octanol–water partition coefficient (Wildman–Crippen LogP) is 3.76. The van der Waals surface area contributed by atoms with E-state index in [-0.39, 0.29) is 5.97 Å². The fourth-order valence-electron chi connectivity index (χ4n) is 1.87. The molecule has 1 unspecified atom stereocenters. The highest BCUT2D eigenvalue weighted by molar-refractivity contribution is 6.30. The Balaban J connectivity index is 2.25. The molecule has 0 amide bonds. The number of nitrogens with one attached hydrogen (secondary N) is 1. The van der Waals surface area contributed by atoms with Crippen molar-refractivity contribution < 1.29 is 9.53 Å². The number of esters is 1. The van der Waals surface area contributed by atoms with Crippen molar-refractivity contribution in [3.05, 3.63) is 58.9 Å². The van der Waals surface area contributed by atoms with E-state index in [0.29, 0.717) is 11.6 Å². The van der Waals surface area contributed by atoms with E-state index in [4.69, 9.17) is 16.3 Å². The lowest BCUT2D eigenvalue weighted by Crippen LogP contribution is -2.23. The second-order valence-corrected chi connectivity index (χ2v) is 5.01. The molecule has 1 heterocycles. The molecule has 0 bridgehead atoms. The first kappa shape index (κ1) is 15.3. The number of ether oxygens (including phenoxy) is 1. The highest BCUT2D eigenvalue weighted by Crippen LogP contribution is 2.22. The Morgan fingerprint density at radius 3 is 2.57 bits per heavy atom. The van der Waals surface area contributed by atoms with Gasteiger partial charge in [0.2, 0.25) is 0 Å². The van der Waals surface area contributed by atoms with Crippen molar-refractivity contribution >= 4 is 23.3 Å². The van der Waals surface area contributed by atoms with Crippen molar-refractivity contribution in [1.82, 2.24) is 4.98 Å². The van der Waals surface area contributed by atoms with E-state index < -0.39 is 6.04 Å². The zero-order chi connectivity index (χ0) is 15.2. The molecule has 0 saturated heterocycles. The van der Waals surface area contributed by atoms with Crippen LogP contribution in [-0.2, 0) is 9.53 Å². The minimum Gasteiger partial charge on any atom is -0.464 e. The average molecular weight is 305 g/mol. The Morgan fingerprint density at radius 2 is 2.00 bits per heavy atom. The number of anilines is 1. The molecule has 0 spiro atoms. The molecule has 0 aliphatic carbocycles. The number of benzene rings is 1. The molecule has 0 saturated carbocycles. The van der Waals surface area contributed by atoms with Crippen LogP contribution in [-0.4, -0.2) is 17.6 Å². The smallest absolute Gasteiger partial charge is 0.333 e. The van der Waals surface area contributed by atoms with Crippen LogP contribution in [0.3, 0.4) is 0 Å². The summed E-state index contributed by atoms with van der Waals surface area (Å²) in [7, 11) is 0. The van der Waals surface area contributed by atoms with Crippen molar-refractivity contribution in [3.8, 4) is 0 Å². The van der Waals surface area contributed by atoms with Gasteiger partial charge in [-0.15, -0.1) is 0 Å². The Morgan fingerprint density at radius 1 is 1.29 bits per heavy atom. The van der Waals surface area contributed by atoms with Crippen molar-refractivity contribution in [3.63, 3.8) is 0 Å². The maximum absolute atomic E-state index is 12.2. The molecule has 0 radical (unpaired) electrons. The molecule has 0 aliphatic heterocycles. The standard InChI is InChI=1S/C16H17ClN2O2/c1-3-21-16(20)15(12-5-4-11(2)18-10-12)19-14-8-6-13(17)7-9-14/h4-10,15,19H,3H2,1-2H3. The molecular formula is C16H17ClN2O2. The number of carbonyl (C=O) groups excluding carboxylic acids is 1. The monoisotopic (exact) mass is 304 g/mol.